The van der Waals surface area contributed by atoms with Crippen LogP contribution in [0.3, 0.4) is 0 Å². The minimum absolute atomic E-state index is 0.0188. The summed E-state index contributed by atoms with van der Waals surface area (Å²) >= 11 is 0. The fourth-order valence-corrected chi connectivity index (χ4v) is 6.96. The molecule has 0 aromatic heterocycles. The van der Waals surface area contributed by atoms with E-state index in [-0.39, 0.29) is 62.0 Å². The van der Waals surface area contributed by atoms with Gasteiger partial charge in [-0.2, -0.15) is 0 Å². The molecule has 0 spiro atoms. The van der Waals surface area contributed by atoms with Crippen LogP contribution in [0.5, 0.6) is 0 Å². The van der Waals surface area contributed by atoms with Crippen LogP contribution in [0.2, 0.25) is 0 Å². The van der Waals surface area contributed by atoms with Crippen LogP contribution in [-0.2, 0) is 35.8 Å². The number of carboxylic acid groups (broad SMARTS) is 1. The number of rotatable bonds is 21. The fraction of sp³-hybridized carbons (Fsp3) is 0.575. The monoisotopic (exact) mass is 733 g/mol. The molecule has 9 N–H and O–H groups in total. The van der Waals surface area contributed by atoms with Gasteiger partial charge in [0.25, 0.3) is 0 Å². The Hall–Kier alpha value is -4.33. The lowest BCUT2D eigenvalue weighted by atomic mass is 9.88. The molecule has 290 valence electrons. The summed E-state index contributed by atoms with van der Waals surface area (Å²) in [6.07, 6.45) is 5.37. The van der Waals surface area contributed by atoms with E-state index in [1.165, 1.54) is 5.56 Å². The third kappa shape index (κ3) is 12.4. The number of hydrogen-bond donors (Lipinski definition) is 7. The van der Waals surface area contributed by atoms with Crippen LogP contribution < -0.4 is 32.7 Å². The highest BCUT2D eigenvalue weighted by molar-refractivity contribution is 5.94. The number of benzene rings is 2. The second kappa shape index (κ2) is 19.7. The zero-order valence-corrected chi connectivity index (χ0v) is 31.3. The third-order valence-electron chi connectivity index (χ3n) is 10.5. The zero-order valence-electron chi connectivity index (χ0n) is 31.3. The molecular formula is C40H59N7O6. The van der Waals surface area contributed by atoms with Crippen molar-refractivity contribution in [2.24, 2.45) is 17.4 Å². The van der Waals surface area contributed by atoms with Crippen molar-refractivity contribution in [3.05, 3.63) is 71.8 Å². The Kier molecular flexibility index (Phi) is 15.4. The van der Waals surface area contributed by atoms with E-state index in [0.717, 1.165) is 31.2 Å². The minimum Gasteiger partial charge on any atom is -0.480 e. The summed E-state index contributed by atoms with van der Waals surface area (Å²) in [4.78, 5) is 68.2. The van der Waals surface area contributed by atoms with Gasteiger partial charge in [-0.3, -0.25) is 24.0 Å². The predicted octanol–water partition coefficient (Wildman–Crippen LogP) is 1.97. The van der Waals surface area contributed by atoms with Crippen LogP contribution in [0.25, 0.3) is 0 Å². The van der Waals surface area contributed by atoms with Crippen molar-refractivity contribution in [1.82, 2.24) is 26.2 Å². The van der Waals surface area contributed by atoms with Crippen LogP contribution in [0.4, 0.5) is 0 Å². The Balaban J connectivity index is 1.43. The summed E-state index contributed by atoms with van der Waals surface area (Å²) in [7, 11) is 0. The van der Waals surface area contributed by atoms with Crippen LogP contribution in [-0.4, -0.2) is 96.0 Å². The lowest BCUT2D eigenvalue weighted by Gasteiger charge is -2.38. The molecule has 0 bridgehead atoms. The lowest BCUT2D eigenvalue weighted by molar-refractivity contribution is -0.148. The first-order chi connectivity index (χ1) is 25.4. The van der Waals surface area contributed by atoms with Crippen molar-refractivity contribution in [3.8, 4) is 0 Å². The molecule has 2 aromatic carbocycles. The lowest BCUT2D eigenvalue weighted by Crippen LogP contribution is -2.60. The molecule has 1 saturated heterocycles. The van der Waals surface area contributed by atoms with Gasteiger partial charge < -0.3 is 42.7 Å². The standard InChI is InChI=1S/C40H59N7O6/c1-28(2)24-32(35(49)45-31(16-10-5-11-21-41)37(51)47-22-19-40(42,20-23-47)38(52)53)46-36(50)33(25-29-12-6-3-7-13-29)44-34(48)26-43-27-39(17-18-39)30-14-8-4-9-15-30/h3-4,6-9,12-15,28,31-33,43H,5,10-11,16-27,41-42H2,1-2H3,(H,44,48)(H,45,49)(H,46,50)(H,52,53)/t31-,32-,33-/m1/s1. The van der Waals surface area contributed by atoms with E-state index < -0.39 is 41.4 Å². The van der Waals surface area contributed by atoms with Gasteiger partial charge in [0.15, 0.2) is 0 Å². The fourth-order valence-electron chi connectivity index (χ4n) is 6.96. The molecule has 1 aliphatic heterocycles. The number of amides is 4. The number of aliphatic carboxylic acids is 1. The van der Waals surface area contributed by atoms with Crippen molar-refractivity contribution >= 4 is 29.6 Å². The summed E-state index contributed by atoms with van der Waals surface area (Å²) in [5, 5.41) is 21.5. The molecule has 1 heterocycles. The summed E-state index contributed by atoms with van der Waals surface area (Å²) < 4.78 is 0. The van der Waals surface area contributed by atoms with Gasteiger partial charge >= 0.3 is 5.97 Å². The molecule has 4 amide bonds. The molecule has 1 aliphatic carbocycles. The SMILES string of the molecule is CC(C)C[C@@H](NC(=O)[C@@H](Cc1ccccc1)NC(=O)CNCC1(c2ccccc2)CC1)C(=O)N[C@H](CCCCCN)C(=O)N1CCC(N)(C(=O)O)CC1. The Morgan fingerprint density at radius 1 is 0.792 bits per heavy atom. The van der Waals surface area contributed by atoms with Gasteiger partial charge in [-0.1, -0.05) is 87.4 Å². The van der Waals surface area contributed by atoms with E-state index in [1.807, 2.05) is 62.4 Å². The topological polar surface area (TPSA) is 209 Å². The summed E-state index contributed by atoms with van der Waals surface area (Å²) in [5.74, 6) is -2.72. The smallest absolute Gasteiger partial charge is 0.323 e. The molecular weight excluding hydrogens is 674 g/mol. The van der Waals surface area contributed by atoms with Gasteiger partial charge in [0.05, 0.1) is 6.54 Å². The summed E-state index contributed by atoms with van der Waals surface area (Å²) in [6, 6.07) is 16.8. The number of carbonyl (C=O) groups is 5. The van der Waals surface area contributed by atoms with Gasteiger partial charge in [0.1, 0.15) is 23.7 Å². The third-order valence-corrected chi connectivity index (χ3v) is 10.5. The van der Waals surface area contributed by atoms with Gasteiger partial charge in [-0.15, -0.1) is 0 Å². The van der Waals surface area contributed by atoms with E-state index in [9.17, 15) is 29.1 Å². The second-order valence-corrected chi connectivity index (χ2v) is 15.2. The maximum absolute atomic E-state index is 14.0. The summed E-state index contributed by atoms with van der Waals surface area (Å²) in [6.45, 7) is 5.39. The first kappa shape index (κ1) is 41.4. The van der Waals surface area contributed by atoms with Gasteiger partial charge in [-0.25, -0.2) is 0 Å². The normalized spacial score (nSPS) is 17.6. The van der Waals surface area contributed by atoms with Crippen molar-refractivity contribution in [1.29, 1.82) is 0 Å². The predicted molar refractivity (Wildman–Crippen MR) is 204 cm³/mol. The number of nitrogens with two attached hydrogens (primary N) is 2. The molecule has 1 saturated carbocycles. The molecule has 2 aromatic rings. The highest BCUT2D eigenvalue weighted by Crippen LogP contribution is 2.47. The Morgan fingerprint density at radius 3 is 1.98 bits per heavy atom. The largest absolute Gasteiger partial charge is 0.480 e. The van der Waals surface area contributed by atoms with Gasteiger partial charge in [0.2, 0.25) is 23.6 Å². The van der Waals surface area contributed by atoms with Crippen molar-refractivity contribution in [2.75, 3.05) is 32.7 Å². The summed E-state index contributed by atoms with van der Waals surface area (Å²) in [5.41, 5.74) is 12.4. The highest BCUT2D eigenvalue weighted by atomic mass is 16.4. The number of piperidine rings is 1. The minimum atomic E-state index is -1.40. The van der Waals surface area contributed by atoms with E-state index in [4.69, 9.17) is 11.5 Å². The molecule has 13 heteroatoms. The molecule has 2 aliphatic rings. The quantitative estimate of drug-likeness (QED) is 0.0935. The number of carbonyl (C=O) groups excluding carboxylic acids is 4. The van der Waals surface area contributed by atoms with Gasteiger partial charge in [-0.05, 0) is 68.5 Å². The molecule has 4 rings (SSSR count). The van der Waals surface area contributed by atoms with Crippen molar-refractivity contribution in [3.63, 3.8) is 0 Å². The number of carboxylic acids is 1. The average Bonchev–Trinajstić information content (AvgIpc) is 3.93. The van der Waals surface area contributed by atoms with Crippen molar-refractivity contribution in [2.45, 2.75) is 107 Å². The van der Waals surface area contributed by atoms with E-state index >= 15 is 0 Å². The molecule has 0 unspecified atom stereocenters. The molecule has 2 fully saturated rings. The van der Waals surface area contributed by atoms with Gasteiger partial charge in [0, 0.05) is 31.5 Å². The number of likely N-dealkylation sites (tertiary alicyclic amines) is 1. The molecule has 13 nitrogen and oxygen atoms in total. The maximum Gasteiger partial charge on any atom is 0.323 e. The van der Waals surface area contributed by atoms with Crippen LogP contribution in [0.15, 0.2) is 60.7 Å². The number of hydrogen-bond acceptors (Lipinski definition) is 8. The number of nitrogens with zero attached hydrogens (tertiary/aromatic N) is 1. The van der Waals surface area contributed by atoms with E-state index in [0.29, 0.717) is 32.4 Å². The van der Waals surface area contributed by atoms with Crippen LogP contribution in [0.1, 0.15) is 82.8 Å². The Bertz CT molecular complexity index is 1510. The maximum atomic E-state index is 14.0. The van der Waals surface area contributed by atoms with E-state index in [2.05, 4.69) is 33.4 Å². The number of unbranched alkanes of at least 4 members (excludes halogenated alkanes) is 2. The Morgan fingerprint density at radius 2 is 1.40 bits per heavy atom. The molecule has 3 atom stereocenters. The molecule has 0 radical (unpaired) electrons. The molecule has 53 heavy (non-hydrogen) atoms. The number of nitrogens with one attached hydrogen (secondary N) is 4. The van der Waals surface area contributed by atoms with E-state index in [1.54, 1.807) is 4.90 Å². The average molecular weight is 734 g/mol. The zero-order chi connectivity index (χ0) is 38.4. The van der Waals surface area contributed by atoms with Crippen molar-refractivity contribution < 1.29 is 29.1 Å². The van der Waals surface area contributed by atoms with Crippen LogP contribution >= 0.6 is 0 Å². The first-order valence-electron chi connectivity index (χ1n) is 19.1. The first-order valence-corrected chi connectivity index (χ1v) is 19.1. The second-order valence-electron chi connectivity index (χ2n) is 15.2. The van der Waals surface area contributed by atoms with Crippen LogP contribution in [0, 0.1) is 5.92 Å². The highest BCUT2D eigenvalue weighted by Gasteiger charge is 2.44. The Labute approximate surface area is 313 Å².